The first-order valence-electron chi connectivity index (χ1n) is 13.9. The molecule has 3 rings (SSSR count). The predicted octanol–water partition coefficient (Wildman–Crippen LogP) is 6.78. The number of hydrogen-bond acceptors (Lipinski definition) is 5. The Morgan fingerprint density at radius 2 is 1.82 bits per heavy atom. The molecule has 0 radical (unpaired) electrons. The van der Waals surface area contributed by atoms with Crippen molar-refractivity contribution in [3.05, 3.63) is 59.2 Å². The minimum absolute atomic E-state index is 0.346. The maximum absolute atomic E-state index is 13.3. The van der Waals surface area contributed by atoms with E-state index in [0.717, 1.165) is 40.5 Å². The zero-order chi connectivity index (χ0) is 27.5. The molecule has 1 fully saturated rings. The van der Waals surface area contributed by atoms with Crippen molar-refractivity contribution in [1.82, 2.24) is 10.6 Å². The summed E-state index contributed by atoms with van der Waals surface area (Å²) in [4.78, 5) is 25.1. The molecule has 5 nitrogen and oxygen atoms in total. The molecule has 0 bridgehead atoms. The first-order valence-corrected chi connectivity index (χ1v) is 16.4. The van der Waals surface area contributed by atoms with Crippen LogP contribution in [0.5, 0.6) is 0 Å². The highest BCUT2D eigenvalue weighted by molar-refractivity contribution is 7.99. The number of hydrogen-bond donors (Lipinski definition) is 3. The Balaban J connectivity index is 1.83. The lowest BCUT2D eigenvalue weighted by atomic mass is 9.84. The molecule has 0 heterocycles. The van der Waals surface area contributed by atoms with Crippen LogP contribution in [-0.2, 0) is 11.3 Å². The normalized spacial score (nSPS) is 16.5. The Labute approximate surface area is 237 Å². The van der Waals surface area contributed by atoms with Crippen LogP contribution in [0, 0.1) is 12.8 Å². The molecule has 1 saturated carbocycles. The molecule has 1 aliphatic carbocycles. The van der Waals surface area contributed by atoms with Gasteiger partial charge in [-0.15, -0.1) is 0 Å². The average Bonchev–Trinajstić information content (AvgIpc) is 2.93. The molecule has 0 aliphatic heterocycles. The Morgan fingerprint density at radius 1 is 1.08 bits per heavy atom. The summed E-state index contributed by atoms with van der Waals surface area (Å²) in [6, 6.07) is 13.5. The molecule has 2 aromatic rings. The number of rotatable bonds is 14. The average molecular weight is 557 g/mol. The van der Waals surface area contributed by atoms with Crippen LogP contribution in [0.4, 0.5) is 0 Å². The van der Waals surface area contributed by atoms with Gasteiger partial charge in [-0.25, -0.2) is 4.79 Å². The summed E-state index contributed by atoms with van der Waals surface area (Å²) >= 11 is 3.66. The zero-order valence-corrected chi connectivity index (χ0v) is 24.9. The number of benzene rings is 2. The van der Waals surface area contributed by atoms with Gasteiger partial charge in [0.15, 0.2) is 0 Å². The second-order valence-corrected chi connectivity index (χ2v) is 12.8. The third-order valence-electron chi connectivity index (χ3n) is 7.57. The highest BCUT2D eigenvalue weighted by Gasteiger charge is 2.28. The van der Waals surface area contributed by atoms with Crippen molar-refractivity contribution >= 4 is 35.4 Å². The second-order valence-electron chi connectivity index (χ2n) is 10.3. The van der Waals surface area contributed by atoms with Crippen LogP contribution in [0.1, 0.15) is 73.9 Å². The molecule has 208 valence electrons. The number of thioether (sulfide) groups is 2. The summed E-state index contributed by atoms with van der Waals surface area (Å²) in [6.07, 6.45) is 9.05. The summed E-state index contributed by atoms with van der Waals surface area (Å²) in [5, 5.41) is 16.8. The van der Waals surface area contributed by atoms with Gasteiger partial charge in [0.05, 0.1) is 0 Å². The minimum Gasteiger partial charge on any atom is -0.480 e. The molecule has 0 aromatic heterocycles. The fourth-order valence-electron chi connectivity index (χ4n) is 5.47. The van der Waals surface area contributed by atoms with E-state index in [1.165, 1.54) is 32.1 Å². The van der Waals surface area contributed by atoms with Crippen molar-refractivity contribution in [3.63, 3.8) is 0 Å². The monoisotopic (exact) mass is 556 g/mol. The van der Waals surface area contributed by atoms with Crippen LogP contribution < -0.4 is 10.6 Å². The van der Waals surface area contributed by atoms with Crippen LogP contribution in [0.25, 0.3) is 11.1 Å². The summed E-state index contributed by atoms with van der Waals surface area (Å²) in [6.45, 7) is 7.33. The molecule has 7 heteroatoms. The van der Waals surface area contributed by atoms with Gasteiger partial charge in [0, 0.05) is 23.4 Å². The van der Waals surface area contributed by atoms with Gasteiger partial charge < -0.3 is 15.7 Å². The van der Waals surface area contributed by atoms with Gasteiger partial charge in [0.1, 0.15) is 6.04 Å². The largest absolute Gasteiger partial charge is 0.480 e. The SMILES string of the molecule is CCSC(C1CCCCC1)C(C)NCc1ccc(C(=O)N[C@@H](CCSC)C(=O)O)c(-c2ccccc2C)c1. The first kappa shape index (κ1) is 30.6. The molecule has 38 heavy (non-hydrogen) atoms. The standard InChI is InChI=1S/C31H44N2O3S2/c1-5-38-29(24-12-7-6-8-13-24)22(3)32-20-23-15-16-26(27(19-23)25-14-10-9-11-21(25)2)30(34)33-28(31(35)36)17-18-37-4/h9-11,14-16,19,22,24,28-29,32H,5-8,12-13,17-18,20H2,1-4H3,(H,33,34)(H,35,36)/t22?,28-,29?/m0/s1. The second kappa shape index (κ2) is 15.6. The summed E-state index contributed by atoms with van der Waals surface area (Å²) in [5.41, 5.74) is 4.54. The maximum atomic E-state index is 13.3. The van der Waals surface area contributed by atoms with Gasteiger partial charge in [0.2, 0.25) is 0 Å². The van der Waals surface area contributed by atoms with Crippen LogP contribution >= 0.6 is 23.5 Å². The first-order chi connectivity index (χ1) is 18.3. The molecule has 1 amide bonds. The van der Waals surface area contributed by atoms with Crippen molar-refractivity contribution < 1.29 is 14.7 Å². The zero-order valence-electron chi connectivity index (χ0n) is 23.3. The van der Waals surface area contributed by atoms with E-state index in [9.17, 15) is 14.7 Å². The summed E-state index contributed by atoms with van der Waals surface area (Å²) in [5.74, 6) is 1.22. The van der Waals surface area contributed by atoms with Crippen molar-refractivity contribution in [2.75, 3.05) is 17.8 Å². The van der Waals surface area contributed by atoms with Gasteiger partial charge in [-0.05, 0) is 91.2 Å². The maximum Gasteiger partial charge on any atom is 0.326 e. The fraction of sp³-hybridized carbons (Fsp3) is 0.548. The van der Waals surface area contributed by atoms with Crippen molar-refractivity contribution in [3.8, 4) is 11.1 Å². The molecule has 2 unspecified atom stereocenters. The fourth-order valence-corrected chi connectivity index (χ4v) is 7.25. The van der Waals surface area contributed by atoms with Crippen molar-refractivity contribution in [1.29, 1.82) is 0 Å². The van der Waals surface area contributed by atoms with E-state index in [4.69, 9.17) is 0 Å². The molecule has 0 saturated heterocycles. The molecule has 0 spiro atoms. The molecular weight excluding hydrogens is 512 g/mol. The number of carbonyl (C=O) groups is 2. The highest BCUT2D eigenvalue weighted by Crippen LogP contribution is 2.35. The van der Waals surface area contributed by atoms with Gasteiger partial charge in [-0.3, -0.25) is 4.79 Å². The van der Waals surface area contributed by atoms with E-state index >= 15 is 0 Å². The summed E-state index contributed by atoms with van der Waals surface area (Å²) in [7, 11) is 0. The number of aryl methyl sites for hydroxylation is 1. The third-order valence-corrected chi connectivity index (χ3v) is 9.73. The number of carboxylic acid groups (broad SMARTS) is 1. The van der Waals surface area contributed by atoms with Gasteiger partial charge in [0.25, 0.3) is 5.91 Å². The van der Waals surface area contributed by atoms with E-state index in [-0.39, 0.29) is 5.91 Å². The number of aliphatic carboxylic acids is 1. The third kappa shape index (κ3) is 8.52. The van der Waals surface area contributed by atoms with E-state index in [1.807, 2.05) is 49.6 Å². The lowest BCUT2D eigenvalue weighted by Gasteiger charge is -2.34. The van der Waals surface area contributed by atoms with Crippen LogP contribution in [0.15, 0.2) is 42.5 Å². The number of carbonyl (C=O) groups excluding carboxylic acids is 1. The van der Waals surface area contributed by atoms with Crippen molar-refractivity contribution in [2.24, 2.45) is 5.92 Å². The predicted molar refractivity (Wildman–Crippen MR) is 163 cm³/mol. The van der Waals surface area contributed by atoms with Gasteiger partial charge in [-0.2, -0.15) is 23.5 Å². The molecule has 2 aromatic carbocycles. The number of carboxylic acids is 1. The Kier molecular flexibility index (Phi) is 12.5. The lowest BCUT2D eigenvalue weighted by Crippen LogP contribution is -2.41. The minimum atomic E-state index is -1.00. The van der Waals surface area contributed by atoms with E-state index < -0.39 is 12.0 Å². The van der Waals surface area contributed by atoms with E-state index in [1.54, 1.807) is 11.8 Å². The Hall–Kier alpha value is -1.96. The molecule has 3 N–H and O–H groups in total. The van der Waals surface area contributed by atoms with Gasteiger partial charge in [-0.1, -0.05) is 56.5 Å². The van der Waals surface area contributed by atoms with Crippen LogP contribution in [0.3, 0.4) is 0 Å². The lowest BCUT2D eigenvalue weighted by molar-refractivity contribution is -0.139. The smallest absolute Gasteiger partial charge is 0.326 e. The molecule has 1 aliphatic rings. The van der Waals surface area contributed by atoms with Crippen LogP contribution in [-0.4, -0.2) is 52.1 Å². The topological polar surface area (TPSA) is 78.4 Å². The molecule has 3 atom stereocenters. The quantitative estimate of drug-likeness (QED) is 0.238. The Morgan fingerprint density at radius 3 is 2.47 bits per heavy atom. The summed E-state index contributed by atoms with van der Waals surface area (Å²) < 4.78 is 0. The van der Waals surface area contributed by atoms with Gasteiger partial charge >= 0.3 is 5.97 Å². The van der Waals surface area contributed by atoms with E-state index in [2.05, 4.69) is 42.3 Å². The van der Waals surface area contributed by atoms with Crippen LogP contribution in [0.2, 0.25) is 0 Å². The Bertz CT molecular complexity index is 1060. The van der Waals surface area contributed by atoms with Crippen molar-refractivity contribution in [2.45, 2.75) is 83.2 Å². The van der Waals surface area contributed by atoms with E-state index in [0.29, 0.717) is 29.0 Å². The number of nitrogens with one attached hydrogen (secondary N) is 2. The number of amides is 1. The molecular formula is C31H44N2O3S2. The highest BCUT2D eigenvalue weighted by atomic mass is 32.2.